The maximum Gasteiger partial charge on any atom is 0.264 e. The first-order chi connectivity index (χ1) is 13.8. The number of hydrogen-bond acceptors (Lipinski definition) is 4. The summed E-state index contributed by atoms with van der Waals surface area (Å²) in [5, 5.41) is 0. The predicted octanol–water partition coefficient (Wildman–Crippen LogP) is 4.36. The number of rotatable bonds is 4. The first kappa shape index (κ1) is 19.2. The number of aliphatic imine (C=N–C) groups is 1. The molecule has 0 saturated heterocycles. The molecular formula is C23H30N2O3S. The Morgan fingerprint density at radius 2 is 1.62 bits per heavy atom. The Hall–Kier alpha value is -1.82. The van der Waals surface area contributed by atoms with Crippen molar-refractivity contribution in [2.45, 2.75) is 58.4 Å². The Labute approximate surface area is 173 Å². The molecule has 4 saturated carbocycles. The van der Waals surface area contributed by atoms with Gasteiger partial charge in [0.2, 0.25) is 0 Å². The Balaban J connectivity index is 1.48. The Morgan fingerprint density at radius 1 is 1.07 bits per heavy atom. The molecule has 4 bridgehead atoms. The van der Waals surface area contributed by atoms with Gasteiger partial charge in [-0.25, -0.2) is 8.42 Å². The molecule has 4 fully saturated rings. The molecule has 1 N–H and O–H groups in total. The minimum atomic E-state index is -3.60. The first-order valence-corrected chi connectivity index (χ1v) is 12.2. The summed E-state index contributed by atoms with van der Waals surface area (Å²) in [6.45, 7) is 4.06. The zero-order valence-corrected chi connectivity index (χ0v) is 18.3. The van der Waals surface area contributed by atoms with Crippen LogP contribution in [0.1, 0.15) is 57.9 Å². The average Bonchev–Trinajstić information content (AvgIpc) is 2.89. The van der Waals surface area contributed by atoms with Crippen molar-refractivity contribution in [1.29, 1.82) is 0 Å². The summed E-state index contributed by atoms with van der Waals surface area (Å²) in [6.07, 6.45) is 7.98. The fraction of sp³-hybridized carbons (Fsp3) is 0.609. The molecule has 29 heavy (non-hydrogen) atoms. The van der Waals surface area contributed by atoms with Gasteiger partial charge >= 0.3 is 0 Å². The second kappa shape index (κ2) is 6.59. The highest BCUT2D eigenvalue weighted by Gasteiger charge is 2.53. The van der Waals surface area contributed by atoms with Crippen LogP contribution in [-0.2, 0) is 10.0 Å². The van der Waals surface area contributed by atoms with E-state index in [4.69, 9.17) is 9.73 Å². The summed E-state index contributed by atoms with van der Waals surface area (Å²) in [4.78, 5) is 5.33. The third kappa shape index (κ3) is 3.11. The van der Waals surface area contributed by atoms with Gasteiger partial charge in [-0.1, -0.05) is 0 Å². The summed E-state index contributed by atoms with van der Waals surface area (Å²) in [5.41, 5.74) is 1.64. The van der Waals surface area contributed by atoms with E-state index in [-0.39, 0.29) is 11.5 Å². The molecule has 1 aromatic carbocycles. The van der Waals surface area contributed by atoms with Crippen LogP contribution >= 0.6 is 0 Å². The van der Waals surface area contributed by atoms with E-state index >= 15 is 0 Å². The molecule has 156 valence electrons. The van der Waals surface area contributed by atoms with Crippen LogP contribution in [0.4, 0.5) is 0 Å². The van der Waals surface area contributed by atoms with E-state index in [2.05, 4.69) is 11.6 Å². The largest absolute Gasteiger partial charge is 0.497 e. The summed E-state index contributed by atoms with van der Waals surface area (Å²) in [6, 6.07) is 7.31. The summed E-state index contributed by atoms with van der Waals surface area (Å²) in [5.74, 6) is 3.81. The molecule has 1 aromatic rings. The van der Waals surface area contributed by atoms with E-state index in [9.17, 15) is 8.42 Å². The summed E-state index contributed by atoms with van der Waals surface area (Å²) in [7, 11) is -2.00. The van der Waals surface area contributed by atoms with E-state index < -0.39 is 10.0 Å². The topological polar surface area (TPSA) is 67.8 Å². The van der Waals surface area contributed by atoms with Crippen molar-refractivity contribution >= 4 is 20.8 Å². The van der Waals surface area contributed by atoms with Gasteiger partial charge in [0.15, 0.2) is 0 Å². The van der Waals surface area contributed by atoms with Crippen molar-refractivity contribution in [2.24, 2.45) is 28.2 Å². The molecule has 6 rings (SSSR count). The number of sulfonamides is 1. The number of hydrogen-bond donors (Lipinski definition) is 1. The number of amidine groups is 1. The van der Waals surface area contributed by atoms with E-state index in [1.165, 1.54) is 38.5 Å². The molecular weight excluding hydrogens is 384 g/mol. The van der Waals surface area contributed by atoms with Gasteiger partial charge in [-0.15, -0.1) is 0 Å². The van der Waals surface area contributed by atoms with Crippen LogP contribution in [0.15, 0.2) is 34.8 Å². The normalized spacial score (nSPS) is 37.1. The molecule has 5 aliphatic rings. The molecule has 1 heterocycles. The maximum absolute atomic E-state index is 12.9. The molecule has 0 radical (unpaired) electrons. The van der Waals surface area contributed by atoms with E-state index in [0.29, 0.717) is 27.6 Å². The molecule has 1 atom stereocenters. The molecule has 0 unspecified atom stereocenters. The van der Waals surface area contributed by atoms with Gasteiger partial charge in [-0.3, -0.25) is 9.71 Å². The Kier molecular flexibility index (Phi) is 4.36. The van der Waals surface area contributed by atoms with E-state index in [0.717, 1.165) is 17.8 Å². The highest BCUT2D eigenvalue weighted by Crippen LogP contribution is 2.61. The zero-order valence-electron chi connectivity index (χ0n) is 17.4. The van der Waals surface area contributed by atoms with Gasteiger partial charge in [-0.05, 0) is 105 Å². The zero-order chi connectivity index (χ0) is 20.4. The van der Waals surface area contributed by atoms with Crippen molar-refractivity contribution < 1.29 is 13.2 Å². The van der Waals surface area contributed by atoms with Crippen LogP contribution in [0.2, 0.25) is 0 Å². The number of methoxy groups -OCH3 is 1. The quantitative estimate of drug-likeness (QED) is 0.796. The van der Waals surface area contributed by atoms with Gasteiger partial charge in [0.05, 0.1) is 13.2 Å². The van der Waals surface area contributed by atoms with Gasteiger partial charge in [-0.2, -0.15) is 0 Å². The number of nitrogens with zero attached hydrogens (tertiary/aromatic N) is 1. The van der Waals surface area contributed by atoms with E-state index in [1.54, 1.807) is 31.4 Å². The second-order valence-electron chi connectivity index (χ2n) is 9.72. The van der Waals surface area contributed by atoms with Crippen LogP contribution in [0.25, 0.3) is 4.91 Å². The van der Waals surface area contributed by atoms with Crippen molar-refractivity contribution in [3.63, 3.8) is 0 Å². The monoisotopic (exact) mass is 414 g/mol. The lowest BCUT2D eigenvalue weighted by Gasteiger charge is -2.58. The molecule has 0 aromatic heterocycles. The predicted molar refractivity (Wildman–Crippen MR) is 115 cm³/mol. The van der Waals surface area contributed by atoms with Crippen molar-refractivity contribution in [1.82, 2.24) is 4.72 Å². The van der Waals surface area contributed by atoms with Crippen LogP contribution in [0, 0.1) is 23.2 Å². The standard InChI is InChI=1S/C23H30N2O3S/c1-14-21(19-4-6-20(28-3)7-5-19)29(26,27)25-22(14)24-15(2)23-11-16-8-17(12-23)10-18(9-16)13-23/h4-7,15-18H,8-13H2,1-3H3,(H,24,25)/t15-,16?,17?,18?,23?/m1/s1. The molecule has 4 aliphatic carbocycles. The van der Waals surface area contributed by atoms with Crippen molar-refractivity contribution in [3.8, 4) is 5.75 Å². The summed E-state index contributed by atoms with van der Waals surface area (Å²) >= 11 is 0. The Morgan fingerprint density at radius 3 is 2.14 bits per heavy atom. The molecule has 5 nitrogen and oxygen atoms in total. The van der Waals surface area contributed by atoms with Gasteiger partial charge in [0, 0.05) is 5.57 Å². The lowest BCUT2D eigenvalue weighted by Crippen LogP contribution is -2.50. The lowest BCUT2D eigenvalue weighted by atomic mass is 9.48. The molecule has 6 heteroatoms. The van der Waals surface area contributed by atoms with Crippen LogP contribution < -0.4 is 9.46 Å². The lowest BCUT2D eigenvalue weighted by molar-refractivity contribution is -0.0633. The van der Waals surface area contributed by atoms with Crippen molar-refractivity contribution in [3.05, 3.63) is 35.4 Å². The van der Waals surface area contributed by atoms with Crippen LogP contribution in [0.5, 0.6) is 5.75 Å². The third-order valence-corrected chi connectivity index (χ3v) is 9.38. The molecule has 1 aliphatic heterocycles. The number of ether oxygens (including phenoxy) is 1. The highest BCUT2D eigenvalue weighted by molar-refractivity contribution is 8.00. The molecule has 0 spiro atoms. The third-order valence-electron chi connectivity index (χ3n) is 7.84. The van der Waals surface area contributed by atoms with Gasteiger partial charge in [0.1, 0.15) is 16.5 Å². The Bertz CT molecular complexity index is 956. The highest BCUT2D eigenvalue weighted by atomic mass is 32.2. The van der Waals surface area contributed by atoms with Gasteiger partial charge in [0.25, 0.3) is 10.0 Å². The molecule has 0 amide bonds. The fourth-order valence-corrected chi connectivity index (χ4v) is 8.33. The smallest absolute Gasteiger partial charge is 0.264 e. The van der Waals surface area contributed by atoms with Crippen LogP contribution in [0.3, 0.4) is 0 Å². The second-order valence-corrected chi connectivity index (χ2v) is 11.3. The van der Waals surface area contributed by atoms with Gasteiger partial charge < -0.3 is 4.74 Å². The minimum absolute atomic E-state index is 0.138. The number of benzene rings is 1. The SMILES string of the molecule is COc1ccc(C2=C(C)C(=N[C@H](C)C34CC5CC(CC(C5)C3)C4)NS2(=O)=O)cc1. The van der Waals surface area contributed by atoms with Crippen molar-refractivity contribution in [2.75, 3.05) is 7.11 Å². The fourth-order valence-electron chi connectivity index (χ4n) is 6.82. The maximum atomic E-state index is 12.9. The minimum Gasteiger partial charge on any atom is -0.497 e. The van der Waals surface area contributed by atoms with Crippen LogP contribution in [-0.4, -0.2) is 27.4 Å². The van der Waals surface area contributed by atoms with E-state index in [1.807, 2.05) is 6.92 Å². The average molecular weight is 415 g/mol. The summed E-state index contributed by atoms with van der Waals surface area (Å²) < 4.78 is 33.7. The number of nitrogens with one attached hydrogen (secondary N) is 1. The first-order valence-electron chi connectivity index (χ1n) is 10.8.